The average molecular weight is 273 g/mol. The number of carbonyl (C=O) groups is 1. The standard InChI is InChI=1S/C17H23NO2/c1-5-11-18(12-6-2)16(17(19)20)15-9-7-14(8-10-15)13(3)4/h5-10,13,16H,1-2,11-12H2,3-4H3,(H,19,20). The van der Waals surface area contributed by atoms with Crippen LogP contribution >= 0.6 is 0 Å². The summed E-state index contributed by atoms with van der Waals surface area (Å²) in [5.74, 6) is -0.421. The van der Waals surface area contributed by atoms with Crippen molar-refractivity contribution in [3.05, 3.63) is 60.7 Å². The number of hydrogen-bond acceptors (Lipinski definition) is 2. The number of carboxylic acids is 1. The average Bonchev–Trinajstić information content (AvgIpc) is 2.39. The van der Waals surface area contributed by atoms with E-state index in [1.165, 1.54) is 5.56 Å². The second-order valence-electron chi connectivity index (χ2n) is 5.09. The lowest BCUT2D eigenvalue weighted by Gasteiger charge is -2.27. The summed E-state index contributed by atoms with van der Waals surface area (Å²) in [7, 11) is 0. The molecule has 0 aliphatic rings. The Bertz CT molecular complexity index is 452. The van der Waals surface area contributed by atoms with Gasteiger partial charge >= 0.3 is 5.97 Å². The predicted octanol–water partition coefficient (Wildman–Crippen LogP) is 3.61. The third kappa shape index (κ3) is 4.07. The van der Waals surface area contributed by atoms with Gasteiger partial charge in [0, 0.05) is 13.1 Å². The molecule has 1 N–H and O–H groups in total. The fourth-order valence-electron chi connectivity index (χ4n) is 2.19. The Kier molecular flexibility index (Phi) is 6.19. The summed E-state index contributed by atoms with van der Waals surface area (Å²) in [6.45, 7) is 12.6. The fourth-order valence-corrected chi connectivity index (χ4v) is 2.19. The number of nitrogens with zero attached hydrogens (tertiary/aromatic N) is 1. The maximum atomic E-state index is 11.6. The summed E-state index contributed by atoms with van der Waals surface area (Å²) in [6, 6.07) is 7.11. The first-order chi connectivity index (χ1) is 9.51. The van der Waals surface area contributed by atoms with Crippen molar-refractivity contribution < 1.29 is 9.90 Å². The highest BCUT2D eigenvalue weighted by molar-refractivity contribution is 5.75. The fraction of sp³-hybridized carbons (Fsp3) is 0.353. The molecule has 0 saturated heterocycles. The number of carboxylic acid groups (broad SMARTS) is 1. The van der Waals surface area contributed by atoms with Crippen molar-refractivity contribution in [2.24, 2.45) is 0 Å². The minimum Gasteiger partial charge on any atom is -0.480 e. The molecule has 0 spiro atoms. The van der Waals surface area contributed by atoms with Crippen molar-refractivity contribution in [2.45, 2.75) is 25.8 Å². The molecule has 3 nitrogen and oxygen atoms in total. The van der Waals surface area contributed by atoms with Crippen LogP contribution in [0.15, 0.2) is 49.6 Å². The van der Waals surface area contributed by atoms with Crippen LogP contribution in [0.25, 0.3) is 0 Å². The molecule has 0 amide bonds. The Morgan fingerprint density at radius 2 is 1.60 bits per heavy atom. The molecule has 0 radical (unpaired) electrons. The molecular formula is C17H23NO2. The van der Waals surface area contributed by atoms with Gasteiger partial charge in [-0.1, -0.05) is 50.3 Å². The third-order valence-corrected chi connectivity index (χ3v) is 3.25. The minimum atomic E-state index is -0.856. The quantitative estimate of drug-likeness (QED) is 0.736. The van der Waals surface area contributed by atoms with Gasteiger partial charge in [0.25, 0.3) is 0 Å². The second kappa shape index (κ2) is 7.65. The molecule has 0 bridgehead atoms. The van der Waals surface area contributed by atoms with Crippen LogP contribution in [0, 0.1) is 0 Å². The molecule has 0 heterocycles. The van der Waals surface area contributed by atoms with Gasteiger partial charge in [-0.3, -0.25) is 9.69 Å². The van der Waals surface area contributed by atoms with Gasteiger partial charge in [0.1, 0.15) is 6.04 Å². The van der Waals surface area contributed by atoms with E-state index >= 15 is 0 Å². The molecule has 1 aromatic rings. The predicted molar refractivity (Wildman–Crippen MR) is 82.9 cm³/mol. The number of aliphatic carboxylic acids is 1. The van der Waals surface area contributed by atoms with Crippen molar-refractivity contribution in [3.8, 4) is 0 Å². The molecule has 0 saturated carbocycles. The SMILES string of the molecule is C=CCN(CC=C)C(C(=O)O)c1ccc(C(C)C)cc1. The summed E-state index contributed by atoms with van der Waals surface area (Å²) in [5, 5.41) is 9.52. The van der Waals surface area contributed by atoms with E-state index in [2.05, 4.69) is 27.0 Å². The van der Waals surface area contributed by atoms with Crippen LogP contribution in [0.5, 0.6) is 0 Å². The van der Waals surface area contributed by atoms with Crippen LogP contribution in [0.1, 0.15) is 36.9 Å². The highest BCUT2D eigenvalue weighted by atomic mass is 16.4. The zero-order valence-corrected chi connectivity index (χ0v) is 12.2. The molecule has 108 valence electrons. The van der Waals surface area contributed by atoms with E-state index in [0.29, 0.717) is 19.0 Å². The van der Waals surface area contributed by atoms with Crippen molar-refractivity contribution in [1.82, 2.24) is 4.90 Å². The van der Waals surface area contributed by atoms with Crippen LogP contribution in [0.3, 0.4) is 0 Å². The normalized spacial score (nSPS) is 12.4. The second-order valence-corrected chi connectivity index (χ2v) is 5.09. The molecule has 1 unspecified atom stereocenters. The first kappa shape index (κ1) is 16.2. The van der Waals surface area contributed by atoms with Gasteiger partial charge in [0.05, 0.1) is 0 Å². The smallest absolute Gasteiger partial charge is 0.325 e. The Hall–Kier alpha value is -1.87. The molecule has 3 heteroatoms. The van der Waals surface area contributed by atoms with E-state index in [-0.39, 0.29) is 0 Å². The van der Waals surface area contributed by atoms with E-state index in [1.54, 1.807) is 12.2 Å². The summed E-state index contributed by atoms with van der Waals surface area (Å²) in [6.07, 6.45) is 3.42. The molecule has 20 heavy (non-hydrogen) atoms. The van der Waals surface area contributed by atoms with Gasteiger partial charge in [-0.25, -0.2) is 0 Å². The van der Waals surface area contributed by atoms with Crippen LogP contribution in [0.2, 0.25) is 0 Å². The lowest BCUT2D eigenvalue weighted by atomic mass is 9.98. The van der Waals surface area contributed by atoms with Crippen LogP contribution in [-0.4, -0.2) is 29.1 Å². The Morgan fingerprint density at radius 3 is 1.95 bits per heavy atom. The zero-order valence-electron chi connectivity index (χ0n) is 12.2. The van der Waals surface area contributed by atoms with Gasteiger partial charge in [-0.15, -0.1) is 13.2 Å². The Balaban J connectivity index is 3.08. The molecule has 1 aromatic carbocycles. The number of hydrogen-bond donors (Lipinski definition) is 1. The number of benzene rings is 1. The van der Waals surface area contributed by atoms with Crippen LogP contribution < -0.4 is 0 Å². The largest absolute Gasteiger partial charge is 0.480 e. The van der Waals surface area contributed by atoms with E-state index in [4.69, 9.17) is 0 Å². The van der Waals surface area contributed by atoms with Gasteiger partial charge in [-0.2, -0.15) is 0 Å². The highest BCUT2D eigenvalue weighted by Gasteiger charge is 2.25. The first-order valence-electron chi connectivity index (χ1n) is 6.79. The van der Waals surface area contributed by atoms with E-state index in [1.807, 2.05) is 29.2 Å². The molecule has 1 rings (SSSR count). The van der Waals surface area contributed by atoms with Crippen molar-refractivity contribution >= 4 is 5.97 Å². The summed E-state index contributed by atoms with van der Waals surface area (Å²) in [5.41, 5.74) is 1.99. The molecule has 0 aliphatic carbocycles. The van der Waals surface area contributed by atoms with E-state index in [0.717, 1.165) is 5.56 Å². The summed E-state index contributed by atoms with van der Waals surface area (Å²) in [4.78, 5) is 13.4. The summed E-state index contributed by atoms with van der Waals surface area (Å²) >= 11 is 0. The molecule has 1 atom stereocenters. The van der Waals surface area contributed by atoms with Gasteiger partial charge in [0.2, 0.25) is 0 Å². The Morgan fingerprint density at radius 1 is 1.15 bits per heavy atom. The third-order valence-electron chi connectivity index (χ3n) is 3.25. The topological polar surface area (TPSA) is 40.5 Å². The van der Waals surface area contributed by atoms with Gasteiger partial charge < -0.3 is 5.11 Å². The molecular weight excluding hydrogens is 250 g/mol. The number of rotatable bonds is 8. The van der Waals surface area contributed by atoms with Crippen molar-refractivity contribution in [1.29, 1.82) is 0 Å². The van der Waals surface area contributed by atoms with Gasteiger partial charge in [-0.05, 0) is 17.0 Å². The maximum Gasteiger partial charge on any atom is 0.325 e. The maximum absolute atomic E-state index is 11.6. The molecule has 0 aromatic heterocycles. The van der Waals surface area contributed by atoms with E-state index in [9.17, 15) is 9.90 Å². The lowest BCUT2D eigenvalue weighted by molar-refractivity contribution is -0.143. The molecule has 0 aliphatic heterocycles. The van der Waals surface area contributed by atoms with Gasteiger partial charge in [0.15, 0.2) is 0 Å². The minimum absolute atomic E-state index is 0.435. The first-order valence-corrected chi connectivity index (χ1v) is 6.79. The summed E-state index contributed by atoms with van der Waals surface area (Å²) < 4.78 is 0. The van der Waals surface area contributed by atoms with Crippen LogP contribution in [0.4, 0.5) is 0 Å². The Labute approximate surface area is 121 Å². The highest BCUT2D eigenvalue weighted by Crippen LogP contribution is 2.23. The van der Waals surface area contributed by atoms with E-state index < -0.39 is 12.0 Å². The van der Waals surface area contributed by atoms with Crippen molar-refractivity contribution in [2.75, 3.05) is 13.1 Å². The van der Waals surface area contributed by atoms with Crippen LogP contribution in [-0.2, 0) is 4.79 Å². The monoisotopic (exact) mass is 273 g/mol. The van der Waals surface area contributed by atoms with Crippen molar-refractivity contribution in [3.63, 3.8) is 0 Å². The zero-order chi connectivity index (χ0) is 15.1. The molecule has 0 fully saturated rings. The lowest BCUT2D eigenvalue weighted by Crippen LogP contribution is -2.34.